The fraction of sp³-hybridized carbons (Fsp3) is 0.609. The Morgan fingerprint density at radius 3 is 2.80 bits per heavy atom. The zero-order chi connectivity index (χ0) is 20.7. The van der Waals surface area contributed by atoms with Gasteiger partial charge in [0.2, 0.25) is 5.91 Å². The number of aromatic nitrogens is 2. The van der Waals surface area contributed by atoms with Crippen LogP contribution in [0, 0.1) is 17.2 Å². The maximum Gasteiger partial charge on any atom is 0.239 e. The molecule has 5 rings (SSSR count). The first-order valence-electron chi connectivity index (χ1n) is 11.3. The van der Waals surface area contributed by atoms with Crippen LogP contribution in [0.3, 0.4) is 0 Å². The molecule has 1 aromatic carbocycles. The number of carbonyl (C=O) groups excluding carboxylic acids is 1. The minimum atomic E-state index is -0.0114. The van der Waals surface area contributed by atoms with Crippen molar-refractivity contribution >= 4 is 16.9 Å². The zero-order valence-electron chi connectivity index (χ0n) is 17.6. The summed E-state index contributed by atoms with van der Waals surface area (Å²) in [6.45, 7) is 7.05. The fourth-order valence-corrected chi connectivity index (χ4v) is 5.37. The van der Waals surface area contributed by atoms with Crippen molar-refractivity contribution in [1.29, 1.82) is 5.26 Å². The third-order valence-electron chi connectivity index (χ3n) is 7.20. The lowest BCUT2D eigenvalue weighted by atomic mass is 9.94. The Labute approximate surface area is 177 Å². The minimum absolute atomic E-state index is 0.0114. The molecule has 3 saturated heterocycles. The number of aromatic amines is 1. The highest BCUT2D eigenvalue weighted by atomic mass is 16.2. The number of likely N-dealkylation sites (tertiary alicyclic amines) is 2. The normalized spacial score (nSPS) is 28.3. The molecule has 158 valence electrons. The van der Waals surface area contributed by atoms with Gasteiger partial charge in [-0.15, -0.1) is 0 Å². The van der Waals surface area contributed by atoms with E-state index in [0.29, 0.717) is 29.3 Å². The van der Waals surface area contributed by atoms with E-state index >= 15 is 0 Å². The van der Waals surface area contributed by atoms with Gasteiger partial charge < -0.3 is 15.2 Å². The molecule has 30 heavy (non-hydrogen) atoms. The van der Waals surface area contributed by atoms with E-state index in [9.17, 15) is 4.79 Å². The van der Waals surface area contributed by atoms with Crippen LogP contribution in [-0.2, 0) is 4.79 Å². The van der Waals surface area contributed by atoms with Crippen LogP contribution >= 0.6 is 0 Å². The second kappa shape index (κ2) is 8.01. The predicted molar refractivity (Wildman–Crippen MR) is 115 cm³/mol. The van der Waals surface area contributed by atoms with Crippen LogP contribution in [0.1, 0.15) is 49.9 Å². The molecule has 1 aromatic heterocycles. The van der Waals surface area contributed by atoms with Crippen molar-refractivity contribution < 1.29 is 4.79 Å². The van der Waals surface area contributed by atoms with Gasteiger partial charge in [-0.3, -0.25) is 9.69 Å². The highest BCUT2D eigenvalue weighted by molar-refractivity contribution is 5.82. The van der Waals surface area contributed by atoms with E-state index in [-0.39, 0.29) is 6.04 Å². The Morgan fingerprint density at radius 2 is 2.07 bits per heavy atom. The molecule has 4 heterocycles. The van der Waals surface area contributed by atoms with Gasteiger partial charge in [-0.1, -0.05) is 6.92 Å². The molecule has 3 atom stereocenters. The Hall–Kier alpha value is -2.43. The molecule has 0 bridgehead atoms. The number of nitriles is 1. The Kier molecular flexibility index (Phi) is 5.21. The van der Waals surface area contributed by atoms with Crippen molar-refractivity contribution in [2.24, 2.45) is 5.92 Å². The Balaban J connectivity index is 1.17. The van der Waals surface area contributed by atoms with Crippen LogP contribution in [0.2, 0.25) is 0 Å². The zero-order valence-corrected chi connectivity index (χ0v) is 17.6. The summed E-state index contributed by atoms with van der Waals surface area (Å²) < 4.78 is 0. The average molecular weight is 407 g/mol. The van der Waals surface area contributed by atoms with E-state index in [1.165, 1.54) is 0 Å². The quantitative estimate of drug-likeness (QED) is 0.816. The molecule has 7 nitrogen and oxygen atoms in total. The number of hydrogen-bond acceptors (Lipinski definition) is 5. The number of hydrogen-bond donors (Lipinski definition) is 2. The third-order valence-corrected chi connectivity index (χ3v) is 7.20. The van der Waals surface area contributed by atoms with Gasteiger partial charge in [0.15, 0.2) is 0 Å². The summed E-state index contributed by atoms with van der Waals surface area (Å²) in [5.74, 6) is 2.41. The maximum atomic E-state index is 12.8. The van der Waals surface area contributed by atoms with Crippen LogP contribution < -0.4 is 5.32 Å². The molecule has 2 aromatic rings. The van der Waals surface area contributed by atoms with Crippen LogP contribution in [0.25, 0.3) is 11.0 Å². The van der Waals surface area contributed by atoms with Crippen molar-refractivity contribution in [2.75, 3.05) is 32.7 Å². The molecule has 0 aliphatic carbocycles. The number of amides is 1. The molecule has 3 aliphatic heterocycles. The maximum absolute atomic E-state index is 12.8. The van der Waals surface area contributed by atoms with Gasteiger partial charge in [-0.2, -0.15) is 5.26 Å². The lowest BCUT2D eigenvalue weighted by Crippen LogP contribution is -2.42. The van der Waals surface area contributed by atoms with Crippen LogP contribution in [0.15, 0.2) is 18.2 Å². The molecule has 3 aliphatic rings. The van der Waals surface area contributed by atoms with E-state index in [1.807, 2.05) is 18.2 Å². The number of imidazole rings is 1. The molecule has 3 fully saturated rings. The van der Waals surface area contributed by atoms with Crippen molar-refractivity contribution in [2.45, 2.75) is 50.6 Å². The minimum Gasteiger partial charge on any atom is -0.342 e. The van der Waals surface area contributed by atoms with Gasteiger partial charge in [0.05, 0.1) is 28.7 Å². The SMILES string of the molecule is CC1CCN(C(=O)[C@@H]2C[C@H](N3CCC(c4nc5ccc(C#N)cc5[nH]4)CC3)CN2)C1. The number of piperidine rings is 1. The van der Waals surface area contributed by atoms with Crippen molar-refractivity contribution in [3.05, 3.63) is 29.6 Å². The van der Waals surface area contributed by atoms with Crippen LogP contribution in [0.5, 0.6) is 0 Å². The first kappa shape index (κ1) is 19.5. The Morgan fingerprint density at radius 1 is 1.23 bits per heavy atom. The van der Waals surface area contributed by atoms with Crippen LogP contribution in [-0.4, -0.2) is 70.5 Å². The molecule has 0 radical (unpaired) electrons. The molecular weight excluding hydrogens is 376 g/mol. The molecule has 2 N–H and O–H groups in total. The lowest BCUT2D eigenvalue weighted by molar-refractivity contribution is -0.132. The first-order valence-corrected chi connectivity index (χ1v) is 11.3. The molecule has 1 unspecified atom stereocenters. The summed E-state index contributed by atoms with van der Waals surface area (Å²) in [6.07, 6.45) is 4.21. The molecule has 0 saturated carbocycles. The van der Waals surface area contributed by atoms with Crippen LogP contribution in [0.4, 0.5) is 0 Å². The standard InChI is InChI=1S/C23H30N6O/c1-15-4-7-29(14-15)23(30)21-11-18(13-25-21)28-8-5-17(6-9-28)22-26-19-3-2-16(12-24)10-20(19)27-22/h2-3,10,15,17-18,21,25H,4-9,11,13-14H2,1H3,(H,26,27)/t15?,18-,21-/m0/s1. The highest BCUT2D eigenvalue weighted by Crippen LogP contribution is 2.30. The number of benzene rings is 1. The van der Waals surface area contributed by atoms with E-state index in [1.54, 1.807) is 0 Å². The predicted octanol–water partition coefficient (Wildman–Crippen LogP) is 2.21. The number of nitrogens with one attached hydrogen (secondary N) is 2. The van der Waals surface area contributed by atoms with E-state index < -0.39 is 0 Å². The summed E-state index contributed by atoms with van der Waals surface area (Å²) in [6, 6.07) is 8.25. The Bertz CT molecular complexity index is 970. The second-order valence-corrected chi connectivity index (χ2v) is 9.30. The van der Waals surface area contributed by atoms with Crippen molar-refractivity contribution in [1.82, 2.24) is 25.1 Å². The number of H-pyrrole nitrogens is 1. The number of fused-ring (bicyclic) bond motifs is 1. The van der Waals surface area contributed by atoms with E-state index in [0.717, 1.165) is 75.3 Å². The fourth-order valence-electron chi connectivity index (χ4n) is 5.37. The second-order valence-electron chi connectivity index (χ2n) is 9.30. The monoisotopic (exact) mass is 406 g/mol. The number of nitrogens with zero attached hydrogens (tertiary/aromatic N) is 4. The lowest BCUT2D eigenvalue weighted by Gasteiger charge is -2.35. The smallest absolute Gasteiger partial charge is 0.239 e. The molecular formula is C23H30N6O. The highest BCUT2D eigenvalue weighted by Gasteiger charge is 2.37. The number of rotatable bonds is 3. The first-order chi connectivity index (χ1) is 14.6. The number of carbonyl (C=O) groups is 1. The summed E-state index contributed by atoms with van der Waals surface area (Å²) in [5.41, 5.74) is 2.54. The molecule has 0 spiro atoms. The summed E-state index contributed by atoms with van der Waals surface area (Å²) in [7, 11) is 0. The molecule has 7 heteroatoms. The van der Waals surface area contributed by atoms with Gasteiger partial charge in [-0.05, 0) is 62.9 Å². The van der Waals surface area contributed by atoms with Gasteiger partial charge in [0.1, 0.15) is 5.82 Å². The summed E-state index contributed by atoms with van der Waals surface area (Å²) in [5, 5.41) is 12.6. The van der Waals surface area contributed by atoms with Gasteiger partial charge in [0.25, 0.3) is 0 Å². The van der Waals surface area contributed by atoms with E-state index in [2.05, 4.69) is 33.1 Å². The summed E-state index contributed by atoms with van der Waals surface area (Å²) in [4.78, 5) is 25.6. The van der Waals surface area contributed by atoms with Gasteiger partial charge in [0, 0.05) is 31.6 Å². The van der Waals surface area contributed by atoms with Crippen molar-refractivity contribution in [3.63, 3.8) is 0 Å². The average Bonchev–Trinajstić information content (AvgIpc) is 3.52. The van der Waals surface area contributed by atoms with Crippen molar-refractivity contribution in [3.8, 4) is 6.07 Å². The summed E-state index contributed by atoms with van der Waals surface area (Å²) >= 11 is 0. The van der Waals surface area contributed by atoms with Gasteiger partial charge in [-0.25, -0.2) is 4.98 Å². The van der Waals surface area contributed by atoms with Gasteiger partial charge >= 0.3 is 0 Å². The largest absolute Gasteiger partial charge is 0.342 e. The topological polar surface area (TPSA) is 88.1 Å². The third kappa shape index (κ3) is 3.70. The van der Waals surface area contributed by atoms with E-state index in [4.69, 9.17) is 10.2 Å². The molecule has 1 amide bonds.